The molecule has 0 aromatic heterocycles. The molecule has 2 aromatic rings. The fourth-order valence-electron chi connectivity index (χ4n) is 3.44. The topological polar surface area (TPSA) is 93.0 Å². The van der Waals surface area contributed by atoms with E-state index in [1.54, 1.807) is 11.8 Å². The van der Waals surface area contributed by atoms with Crippen molar-refractivity contribution < 1.29 is 19.2 Å². The third-order valence-corrected chi connectivity index (χ3v) is 5.21. The molecule has 0 bridgehead atoms. The van der Waals surface area contributed by atoms with E-state index in [0.29, 0.717) is 18.7 Å². The molecule has 1 amide bonds. The van der Waals surface area contributed by atoms with Crippen molar-refractivity contribution >= 4 is 17.6 Å². The first-order valence-electron chi connectivity index (χ1n) is 9.86. The van der Waals surface area contributed by atoms with Crippen molar-refractivity contribution in [2.24, 2.45) is 0 Å². The van der Waals surface area contributed by atoms with Gasteiger partial charge in [-0.15, -0.1) is 0 Å². The van der Waals surface area contributed by atoms with Crippen LogP contribution in [0.25, 0.3) is 0 Å². The maximum atomic E-state index is 12.7. The summed E-state index contributed by atoms with van der Waals surface area (Å²) >= 11 is 0. The molecule has 0 saturated carbocycles. The summed E-state index contributed by atoms with van der Waals surface area (Å²) in [4.78, 5) is 39.5. The summed E-state index contributed by atoms with van der Waals surface area (Å²) in [6.45, 7) is 6.56. The van der Waals surface area contributed by atoms with Crippen LogP contribution in [0.3, 0.4) is 0 Å². The third-order valence-electron chi connectivity index (χ3n) is 5.21. The molecule has 1 unspecified atom stereocenters. The van der Waals surface area contributed by atoms with Gasteiger partial charge in [-0.25, -0.2) is 4.79 Å². The number of carbonyl (C=O) groups is 2. The number of hydrogen-bond acceptors (Lipinski definition) is 6. The number of esters is 1. The van der Waals surface area contributed by atoms with Crippen LogP contribution in [0, 0.1) is 17.0 Å². The molecule has 2 aromatic carbocycles. The highest BCUT2D eigenvalue weighted by molar-refractivity contribution is 5.93. The number of hydrogen-bond donors (Lipinski definition) is 0. The van der Waals surface area contributed by atoms with Gasteiger partial charge in [0, 0.05) is 44.4 Å². The molecule has 30 heavy (non-hydrogen) atoms. The van der Waals surface area contributed by atoms with E-state index >= 15 is 0 Å². The van der Waals surface area contributed by atoms with Gasteiger partial charge in [0.05, 0.1) is 10.5 Å². The predicted molar refractivity (Wildman–Crippen MR) is 111 cm³/mol. The Kier molecular flexibility index (Phi) is 6.79. The zero-order valence-corrected chi connectivity index (χ0v) is 17.1. The number of rotatable bonds is 6. The first-order valence-corrected chi connectivity index (χ1v) is 9.86. The van der Waals surface area contributed by atoms with Gasteiger partial charge in [-0.2, -0.15) is 0 Å². The van der Waals surface area contributed by atoms with Gasteiger partial charge in [0.25, 0.3) is 11.6 Å². The fourth-order valence-corrected chi connectivity index (χ4v) is 3.44. The number of ether oxygens (including phenoxy) is 1. The molecule has 1 saturated heterocycles. The summed E-state index contributed by atoms with van der Waals surface area (Å²) in [5.41, 5.74) is 1.58. The molecule has 8 heteroatoms. The minimum atomic E-state index is -0.960. The molecule has 1 fully saturated rings. The highest BCUT2D eigenvalue weighted by atomic mass is 16.6. The minimum absolute atomic E-state index is 0.0552. The molecule has 1 aliphatic rings. The van der Waals surface area contributed by atoms with E-state index < -0.39 is 17.0 Å². The minimum Gasteiger partial charge on any atom is -0.449 e. The standard InChI is InChI=1S/C22H25N3O5/c1-16-8-9-19(14-20(16)25(28)29)22(27)30-17(2)21(26)24-12-10-23(11-13-24)15-18-6-4-3-5-7-18/h3-9,14,17H,10-13,15H2,1-2H3. The number of nitrogens with zero attached hydrogens (tertiary/aromatic N) is 3. The van der Waals surface area contributed by atoms with E-state index in [-0.39, 0.29) is 17.2 Å². The predicted octanol–water partition coefficient (Wildman–Crippen LogP) is 2.79. The first-order chi connectivity index (χ1) is 14.3. The van der Waals surface area contributed by atoms with Crippen LogP contribution in [0.15, 0.2) is 48.5 Å². The lowest BCUT2D eigenvalue weighted by atomic mass is 10.1. The smallest absolute Gasteiger partial charge is 0.339 e. The van der Waals surface area contributed by atoms with Gasteiger partial charge in [0.15, 0.2) is 6.10 Å². The monoisotopic (exact) mass is 411 g/mol. The van der Waals surface area contributed by atoms with E-state index in [2.05, 4.69) is 17.0 Å². The van der Waals surface area contributed by atoms with Crippen LogP contribution in [-0.4, -0.2) is 58.9 Å². The number of aryl methyl sites for hydroxylation is 1. The number of nitro groups is 1. The van der Waals surface area contributed by atoms with Gasteiger partial charge >= 0.3 is 5.97 Å². The molecule has 158 valence electrons. The van der Waals surface area contributed by atoms with Crippen molar-refractivity contribution in [3.05, 3.63) is 75.3 Å². The summed E-state index contributed by atoms with van der Waals surface area (Å²) in [6.07, 6.45) is -0.960. The van der Waals surface area contributed by atoms with Crippen LogP contribution in [0.2, 0.25) is 0 Å². The summed E-state index contributed by atoms with van der Waals surface area (Å²) < 4.78 is 5.28. The Morgan fingerprint density at radius 3 is 2.40 bits per heavy atom. The summed E-state index contributed by atoms with van der Waals surface area (Å²) in [5, 5.41) is 11.1. The first kappa shape index (κ1) is 21.4. The van der Waals surface area contributed by atoms with E-state index in [4.69, 9.17) is 4.74 Å². The number of piperazine rings is 1. The van der Waals surface area contributed by atoms with Gasteiger partial charge in [-0.05, 0) is 25.5 Å². The summed E-state index contributed by atoms with van der Waals surface area (Å²) in [6, 6.07) is 14.3. The van der Waals surface area contributed by atoms with Crippen molar-refractivity contribution in [2.75, 3.05) is 26.2 Å². The summed E-state index contributed by atoms with van der Waals surface area (Å²) in [5.74, 6) is -1.01. The van der Waals surface area contributed by atoms with Crippen molar-refractivity contribution in [3.8, 4) is 0 Å². The van der Waals surface area contributed by atoms with E-state index in [1.165, 1.54) is 30.7 Å². The highest BCUT2D eigenvalue weighted by Gasteiger charge is 2.28. The second-order valence-electron chi connectivity index (χ2n) is 7.39. The Labute approximate surface area is 175 Å². The normalized spacial score (nSPS) is 15.5. The Balaban J connectivity index is 1.53. The molecule has 1 heterocycles. The maximum Gasteiger partial charge on any atom is 0.339 e. The summed E-state index contributed by atoms with van der Waals surface area (Å²) in [7, 11) is 0. The van der Waals surface area contributed by atoms with Gasteiger partial charge in [-0.3, -0.25) is 19.8 Å². The van der Waals surface area contributed by atoms with Gasteiger partial charge in [0.2, 0.25) is 0 Å². The molecular formula is C22H25N3O5. The molecule has 8 nitrogen and oxygen atoms in total. The zero-order chi connectivity index (χ0) is 21.7. The molecule has 0 aliphatic carbocycles. The van der Waals surface area contributed by atoms with Crippen molar-refractivity contribution in [2.45, 2.75) is 26.5 Å². The SMILES string of the molecule is Cc1ccc(C(=O)OC(C)C(=O)N2CCN(Cc3ccccc3)CC2)cc1[N+](=O)[O-]. The van der Waals surface area contributed by atoms with Crippen LogP contribution in [0.1, 0.15) is 28.4 Å². The third kappa shape index (κ3) is 5.21. The Bertz CT molecular complexity index is 924. The number of benzene rings is 2. The molecule has 3 rings (SSSR count). The van der Waals surface area contributed by atoms with Crippen LogP contribution < -0.4 is 0 Å². The second-order valence-corrected chi connectivity index (χ2v) is 7.39. The Morgan fingerprint density at radius 1 is 1.10 bits per heavy atom. The zero-order valence-electron chi connectivity index (χ0n) is 17.1. The van der Waals surface area contributed by atoms with Crippen LogP contribution in [0.5, 0.6) is 0 Å². The van der Waals surface area contributed by atoms with Gasteiger partial charge in [0.1, 0.15) is 0 Å². The number of amides is 1. The Morgan fingerprint density at radius 2 is 1.77 bits per heavy atom. The van der Waals surface area contributed by atoms with E-state index in [0.717, 1.165) is 19.6 Å². The fraction of sp³-hybridized carbons (Fsp3) is 0.364. The lowest BCUT2D eigenvalue weighted by molar-refractivity contribution is -0.385. The van der Waals surface area contributed by atoms with E-state index in [1.807, 2.05) is 18.2 Å². The Hall–Kier alpha value is -3.26. The average molecular weight is 411 g/mol. The van der Waals surface area contributed by atoms with Crippen LogP contribution in [-0.2, 0) is 16.1 Å². The van der Waals surface area contributed by atoms with Crippen LogP contribution >= 0.6 is 0 Å². The molecule has 0 N–H and O–H groups in total. The molecule has 0 radical (unpaired) electrons. The quantitative estimate of drug-likeness (QED) is 0.412. The number of carbonyl (C=O) groups excluding carboxylic acids is 2. The lowest BCUT2D eigenvalue weighted by Gasteiger charge is -2.35. The maximum absolute atomic E-state index is 12.7. The van der Waals surface area contributed by atoms with Crippen molar-refractivity contribution in [1.82, 2.24) is 9.80 Å². The average Bonchev–Trinajstić information content (AvgIpc) is 2.74. The van der Waals surface area contributed by atoms with E-state index in [9.17, 15) is 19.7 Å². The van der Waals surface area contributed by atoms with Crippen LogP contribution in [0.4, 0.5) is 5.69 Å². The highest BCUT2D eigenvalue weighted by Crippen LogP contribution is 2.20. The van der Waals surface area contributed by atoms with Gasteiger partial charge < -0.3 is 9.64 Å². The molecule has 1 atom stereocenters. The number of nitro benzene ring substituents is 1. The largest absolute Gasteiger partial charge is 0.449 e. The van der Waals surface area contributed by atoms with Crippen molar-refractivity contribution in [3.63, 3.8) is 0 Å². The molecular weight excluding hydrogens is 386 g/mol. The van der Waals surface area contributed by atoms with Crippen molar-refractivity contribution in [1.29, 1.82) is 0 Å². The second kappa shape index (κ2) is 9.49. The molecule has 1 aliphatic heterocycles. The lowest BCUT2D eigenvalue weighted by Crippen LogP contribution is -2.51. The molecule has 0 spiro atoms. The van der Waals surface area contributed by atoms with Gasteiger partial charge in [-0.1, -0.05) is 36.4 Å².